The van der Waals surface area contributed by atoms with Crippen LogP contribution >= 0.6 is 0 Å². The average Bonchev–Trinajstić information content (AvgIpc) is 3.08. The van der Waals surface area contributed by atoms with Crippen molar-refractivity contribution in [1.82, 2.24) is 10.1 Å². The fraction of sp³-hybridized carbons (Fsp3) is 0.385. The van der Waals surface area contributed by atoms with E-state index in [1.807, 2.05) is 0 Å². The zero-order valence-corrected chi connectivity index (χ0v) is 10.9. The molecule has 0 radical (unpaired) electrons. The first-order valence-corrected chi connectivity index (χ1v) is 6.33. The minimum Gasteiger partial charge on any atom is -0.399 e. The second-order valence-corrected chi connectivity index (χ2v) is 4.86. The van der Waals surface area contributed by atoms with Gasteiger partial charge in [0, 0.05) is 23.8 Å². The molecule has 1 atom stereocenters. The number of hydrogen-bond donors (Lipinski definition) is 1. The Hall–Kier alpha value is -2.09. The van der Waals surface area contributed by atoms with Crippen molar-refractivity contribution >= 4 is 5.69 Å². The van der Waals surface area contributed by atoms with Gasteiger partial charge in [-0.3, -0.25) is 0 Å². The van der Waals surface area contributed by atoms with Gasteiger partial charge in [-0.05, 0) is 24.6 Å². The highest BCUT2D eigenvalue weighted by molar-refractivity contribution is 5.62. The standard InChI is InChI=1S/C13H12F3N3O2/c14-13(15,16)9-3-8(4-10(17)5-9)12-18-11(19-21-12)7-1-2-20-6-7/h3-5,7H,1-2,6,17H2. The zero-order valence-electron chi connectivity index (χ0n) is 10.9. The molecule has 1 saturated heterocycles. The number of nitrogens with two attached hydrogens (primary N) is 1. The summed E-state index contributed by atoms with van der Waals surface area (Å²) in [6, 6.07) is 3.18. The third kappa shape index (κ3) is 2.85. The Morgan fingerprint density at radius 3 is 2.71 bits per heavy atom. The average molecular weight is 299 g/mol. The largest absolute Gasteiger partial charge is 0.416 e. The maximum atomic E-state index is 12.8. The predicted octanol–water partition coefficient (Wildman–Crippen LogP) is 2.84. The number of nitrogens with zero attached hydrogens (tertiary/aromatic N) is 2. The van der Waals surface area contributed by atoms with Crippen LogP contribution in [0.5, 0.6) is 0 Å². The van der Waals surface area contributed by atoms with Crippen LogP contribution in [0.2, 0.25) is 0 Å². The number of benzene rings is 1. The summed E-state index contributed by atoms with van der Waals surface area (Å²) in [4.78, 5) is 4.15. The van der Waals surface area contributed by atoms with Crippen LogP contribution in [0, 0.1) is 0 Å². The summed E-state index contributed by atoms with van der Waals surface area (Å²) < 4.78 is 48.6. The van der Waals surface area contributed by atoms with E-state index in [0.29, 0.717) is 19.0 Å². The molecule has 0 saturated carbocycles. The van der Waals surface area contributed by atoms with Crippen molar-refractivity contribution in [2.75, 3.05) is 18.9 Å². The molecule has 0 bridgehead atoms. The Balaban J connectivity index is 1.95. The third-order valence-electron chi connectivity index (χ3n) is 3.27. The molecule has 1 aliphatic heterocycles. The maximum absolute atomic E-state index is 12.8. The molecule has 21 heavy (non-hydrogen) atoms. The normalized spacial score (nSPS) is 19.1. The van der Waals surface area contributed by atoms with Gasteiger partial charge in [-0.1, -0.05) is 5.16 Å². The number of nitrogen functional groups attached to an aromatic ring is 1. The molecule has 3 rings (SSSR count). The smallest absolute Gasteiger partial charge is 0.399 e. The van der Waals surface area contributed by atoms with Gasteiger partial charge < -0.3 is 15.0 Å². The quantitative estimate of drug-likeness (QED) is 0.863. The molecule has 112 valence electrons. The Bertz CT molecular complexity index is 648. The van der Waals surface area contributed by atoms with Crippen LogP contribution in [-0.2, 0) is 10.9 Å². The maximum Gasteiger partial charge on any atom is 0.416 e. The van der Waals surface area contributed by atoms with Crippen molar-refractivity contribution in [3.8, 4) is 11.5 Å². The fourth-order valence-corrected chi connectivity index (χ4v) is 2.19. The van der Waals surface area contributed by atoms with E-state index in [1.54, 1.807) is 0 Å². The number of hydrogen-bond acceptors (Lipinski definition) is 5. The Kier molecular flexibility index (Phi) is 3.32. The lowest BCUT2D eigenvalue weighted by molar-refractivity contribution is -0.137. The van der Waals surface area contributed by atoms with Crippen molar-refractivity contribution in [3.63, 3.8) is 0 Å². The molecule has 2 heterocycles. The number of ether oxygens (including phenoxy) is 1. The number of anilines is 1. The first-order valence-electron chi connectivity index (χ1n) is 6.33. The van der Waals surface area contributed by atoms with E-state index >= 15 is 0 Å². The van der Waals surface area contributed by atoms with Crippen LogP contribution in [0.3, 0.4) is 0 Å². The lowest BCUT2D eigenvalue weighted by Crippen LogP contribution is -2.06. The van der Waals surface area contributed by atoms with Gasteiger partial charge in [0.2, 0.25) is 0 Å². The lowest BCUT2D eigenvalue weighted by atomic mass is 10.1. The molecule has 1 aliphatic rings. The minimum absolute atomic E-state index is 0.0104. The predicted molar refractivity (Wildman–Crippen MR) is 67.3 cm³/mol. The molecule has 1 fully saturated rings. The molecular weight excluding hydrogens is 287 g/mol. The van der Waals surface area contributed by atoms with Crippen LogP contribution in [-0.4, -0.2) is 23.4 Å². The number of halogens is 3. The molecule has 0 amide bonds. The topological polar surface area (TPSA) is 74.2 Å². The summed E-state index contributed by atoms with van der Waals surface area (Å²) in [7, 11) is 0. The molecule has 2 aromatic rings. The van der Waals surface area contributed by atoms with E-state index in [-0.39, 0.29) is 23.1 Å². The van der Waals surface area contributed by atoms with Gasteiger partial charge >= 0.3 is 6.18 Å². The Morgan fingerprint density at radius 2 is 2.05 bits per heavy atom. The number of alkyl halides is 3. The summed E-state index contributed by atoms with van der Waals surface area (Å²) in [6.07, 6.45) is -3.71. The summed E-state index contributed by atoms with van der Waals surface area (Å²) in [5, 5.41) is 3.81. The van der Waals surface area contributed by atoms with Crippen LogP contribution in [0.4, 0.5) is 18.9 Å². The van der Waals surface area contributed by atoms with Crippen LogP contribution in [0.25, 0.3) is 11.5 Å². The number of aromatic nitrogens is 2. The summed E-state index contributed by atoms with van der Waals surface area (Å²) in [6.45, 7) is 1.11. The number of rotatable bonds is 2. The van der Waals surface area contributed by atoms with Crippen molar-refractivity contribution in [1.29, 1.82) is 0 Å². The van der Waals surface area contributed by atoms with E-state index in [4.69, 9.17) is 15.0 Å². The second kappa shape index (κ2) is 5.03. The molecule has 5 nitrogen and oxygen atoms in total. The molecular formula is C13H12F3N3O2. The molecule has 1 aromatic carbocycles. The summed E-state index contributed by atoms with van der Waals surface area (Å²) in [5.74, 6) is 0.485. The fourth-order valence-electron chi connectivity index (χ4n) is 2.19. The van der Waals surface area contributed by atoms with Crippen molar-refractivity contribution in [3.05, 3.63) is 29.6 Å². The second-order valence-electron chi connectivity index (χ2n) is 4.86. The third-order valence-corrected chi connectivity index (χ3v) is 3.27. The lowest BCUT2D eigenvalue weighted by Gasteiger charge is -2.08. The van der Waals surface area contributed by atoms with Crippen LogP contribution in [0.1, 0.15) is 23.7 Å². The van der Waals surface area contributed by atoms with Gasteiger partial charge in [-0.15, -0.1) is 0 Å². The Morgan fingerprint density at radius 1 is 1.24 bits per heavy atom. The molecule has 2 N–H and O–H groups in total. The molecule has 0 aliphatic carbocycles. The monoisotopic (exact) mass is 299 g/mol. The Labute approximate surface area is 117 Å². The molecule has 1 unspecified atom stereocenters. The first-order chi connectivity index (χ1) is 9.93. The van der Waals surface area contributed by atoms with Gasteiger partial charge in [-0.25, -0.2) is 0 Å². The van der Waals surface area contributed by atoms with Gasteiger partial charge in [0.25, 0.3) is 5.89 Å². The summed E-state index contributed by atoms with van der Waals surface area (Å²) >= 11 is 0. The van der Waals surface area contributed by atoms with E-state index in [0.717, 1.165) is 18.6 Å². The van der Waals surface area contributed by atoms with Crippen molar-refractivity contribution in [2.24, 2.45) is 0 Å². The van der Waals surface area contributed by atoms with Crippen LogP contribution in [0.15, 0.2) is 22.7 Å². The molecule has 8 heteroatoms. The highest BCUT2D eigenvalue weighted by atomic mass is 19.4. The van der Waals surface area contributed by atoms with E-state index in [1.165, 1.54) is 6.07 Å². The van der Waals surface area contributed by atoms with Crippen molar-refractivity contribution in [2.45, 2.75) is 18.5 Å². The zero-order chi connectivity index (χ0) is 15.0. The van der Waals surface area contributed by atoms with E-state index < -0.39 is 11.7 Å². The highest BCUT2D eigenvalue weighted by Crippen LogP contribution is 2.34. The van der Waals surface area contributed by atoms with Gasteiger partial charge in [0.15, 0.2) is 5.82 Å². The van der Waals surface area contributed by atoms with Crippen molar-refractivity contribution < 1.29 is 22.4 Å². The molecule has 1 aromatic heterocycles. The van der Waals surface area contributed by atoms with E-state index in [2.05, 4.69) is 10.1 Å². The van der Waals surface area contributed by atoms with Gasteiger partial charge in [-0.2, -0.15) is 18.2 Å². The van der Waals surface area contributed by atoms with E-state index in [9.17, 15) is 13.2 Å². The minimum atomic E-state index is -4.48. The highest BCUT2D eigenvalue weighted by Gasteiger charge is 2.32. The van der Waals surface area contributed by atoms with Gasteiger partial charge in [0.05, 0.1) is 12.2 Å². The summed E-state index contributed by atoms with van der Waals surface area (Å²) in [5.41, 5.74) is 4.81. The molecule has 0 spiro atoms. The van der Waals surface area contributed by atoms with Gasteiger partial charge in [0.1, 0.15) is 0 Å². The van der Waals surface area contributed by atoms with Crippen LogP contribution < -0.4 is 5.73 Å². The first kappa shape index (κ1) is 13.9. The SMILES string of the molecule is Nc1cc(-c2nc(C3CCOC3)no2)cc(C(F)(F)F)c1.